The van der Waals surface area contributed by atoms with Crippen LogP contribution in [0.5, 0.6) is 5.75 Å². The van der Waals surface area contributed by atoms with Gasteiger partial charge >= 0.3 is 0 Å². The van der Waals surface area contributed by atoms with Gasteiger partial charge in [-0.1, -0.05) is 60.7 Å². The topological polar surface area (TPSA) is 117 Å². The zero-order valence-corrected chi connectivity index (χ0v) is 24.1. The number of hydrogen-bond acceptors (Lipinski definition) is 6. The van der Waals surface area contributed by atoms with Crippen molar-refractivity contribution in [2.24, 2.45) is 11.8 Å². The van der Waals surface area contributed by atoms with E-state index in [0.29, 0.717) is 37.3 Å². The van der Waals surface area contributed by atoms with Crippen molar-refractivity contribution in [3.63, 3.8) is 0 Å². The molecular formula is C34H37N3O6. The Bertz CT molecular complexity index is 1450. The molecule has 1 spiro atoms. The quantitative estimate of drug-likeness (QED) is 0.319. The number of ether oxygens (including phenoxy) is 2. The number of anilines is 1. The van der Waals surface area contributed by atoms with Crippen LogP contribution in [0.4, 0.5) is 5.69 Å². The summed E-state index contributed by atoms with van der Waals surface area (Å²) in [5.74, 6) is -1.90. The van der Waals surface area contributed by atoms with Gasteiger partial charge in [0, 0.05) is 12.2 Å². The van der Waals surface area contributed by atoms with Gasteiger partial charge in [-0.3, -0.25) is 14.4 Å². The normalized spacial score (nSPS) is 26.2. The van der Waals surface area contributed by atoms with E-state index in [0.717, 1.165) is 11.1 Å². The number of fused-ring (bicyclic) bond motifs is 1. The highest BCUT2D eigenvalue weighted by atomic mass is 16.5. The van der Waals surface area contributed by atoms with Gasteiger partial charge in [0.1, 0.15) is 17.4 Å². The van der Waals surface area contributed by atoms with Crippen molar-refractivity contribution >= 4 is 23.4 Å². The lowest BCUT2D eigenvalue weighted by atomic mass is 9.70. The van der Waals surface area contributed by atoms with E-state index in [4.69, 9.17) is 9.47 Å². The number of carbonyl (C=O) groups is 3. The number of hydrogen-bond donors (Lipinski definition) is 3. The molecule has 0 aliphatic carbocycles. The zero-order chi connectivity index (χ0) is 30.0. The maximum absolute atomic E-state index is 14.4. The van der Waals surface area contributed by atoms with E-state index in [1.165, 1.54) is 4.90 Å². The highest BCUT2D eigenvalue weighted by molar-refractivity contribution is 6.02. The maximum Gasteiger partial charge on any atom is 0.246 e. The molecule has 6 atom stereocenters. The van der Waals surface area contributed by atoms with Crippen molar-refractivity contribution in [3.05, 3.63) is 96.1 Å². The summed E-state index contributed by atoms with van der Waals surface area (Å²) < 4.78 is 12.1. The smallest absolute Gasteiger partial charge is 0.246 e. The molecule has 3 amide bonds. The summed E-state index contributed by atoms with van der Waals surface area (Å²) in [6.07, 6.45) is 0.916. The third kappa shape index (κ3) is 5.39. The van der Waals surface area contributed by atoms with Crippen LogP contribution in [0.2, 0.25) is 0 Å². The molecule has 3 aliphatic rings. The minimum Gasteiger partial charge on any atom is -0.494 e. The van der Waals surface area contributed by atoms with E-state index >= 15 is 0 Å². The van der Waals surface area contributed by atoms with E-state index in [2.05, 4.69) is 10.6 Å². The van der Waals surface area contributed by atoms with Gasteiger partial charge in [0.05, 0.1) is 37.2 Å². The molecule has 43 heavy (non-hydrogen) atoms. The molecule has 3 saturated heterocycles. The molecule has 3 aromatic carbocycles. The molecule has 3 N–H and O–H groups in total. The van der Waals surface area contributed by atoms with E-state index in [1.54, 1.807) is 24.3 Å². The summed E-state index contributed by atoms with van der Waals surface area (Å²) in [6, 6.07) is 24.6. The first kappa shape index (κ1) is 28.9. The van der Waals surface area contributed by atoms with Gasteiger partial charge in [0.2, 0.25) is 17.7 Å². The summed E-state index contributed by atoms with van der Waals surface area (Å²) in [5, 5.41) is 16.6. The first-order chi connectivity index (χ1) is 20.9. The molecule has 9 nitrogen and oxygen atoms in total. The molecule has 9 heteroatoms. The number of benzene rings is 3. The zero-order valence-electron chi connectivity index (χ0n) is 24.1. The highest BCUT2D eigenvalue weighted by Gasteiger charge is 2.75. The Kier molecular flexibility index (Phi) is 8.19. The number of rotatable bonds is 11. The lowest BCUT2D eigenvalue weighted by Crippen LogP contribution is -2.58. The number of aliphatic hydroxyl groups excluding tert-OH is 1. The largest absolute Gasteiger partial charge is 0.494 e. The van der Waals surface area contributed by atoms with Gasteiger partial charge in [-0.05, 0) is 61.6 Å². The van der Waals surface area contributed by atoms with Crippen LogP contribution in [0.25, 0.3) is 0 Å². The Labute approximate surface area is 251 Å². The predicted molar refractivity (Wildman–Crippen MR) is 160 cm³/mol. The van der Waals surface area contributed by atoms with Crippen LogP contribution in [0.3, 0.4) is 0 Å². The lowest BCUT2D eigenvalue weighted by Gasteiger charge is -2.36. The maximum atomic E-state index is 14.4. The number of nitrogens with zero attached hydrogens (tertiary/aromatic N) is 1. The van der Waals surface area contributed by atoms with E-state index in [1.807, 2.05) is 67.6 Å². The molecule has 224 valence electrons. The highest BCUT2D eigenvalue weighted by Crippen LogP contribution is 2.59. The second-order valence-corrected chi connectivity index (χ2v) is 11.5. The average molecular weight is 584 g/mol. The van der Waals surface area contributed by atoms with Gasteiger partial charge < -0.3 is 30.1 Å². The number of nitrogens with one attached hydrogen (secondary N) is 2. The van der Waals surface area contributed by atoms with Crippen molar-refractivity contribution in [2.75, 3.05) is 18.5 Å². The molecule has 3 aromatic rings. The molecule has 3 fully saturated rings. The van der Waals surface area contributed by atoms with Crippen LogP contribution in [0.15, 0.2) is 84.9 Å². The van der Waals surface area contributed by atoms with Gasteiger partial charge in [-0.2, -0.15) is 0 Å². The molecule has 0 aromatic heterocycles. The van der Waals surface area contributed by atoms with Crippen LogP contribution >= 0.6 is 0 Å². The van der Waals surface area contributed by atoms with Crippen molar-refractivity contribution in [1.29, 1.82) is 0 Å². The molecule has 2 unspecified atom stereocenters. The summed E-state index contributed by atoms with van der Waals surface area (Å²) >= 11 is 0. The summed E-state index contributed by atoms with van der Waals surface area (Å²) in [6.45, 7) is 2.39. The van der Waals surface area contributed by atoms with E-state index in [9.17, 15) is 19.5 Å². The Morgan fingerprint density at radius 1 is 1.00 bits per heavy atom. The summed E-state index contributed by atoms with van der Waals surface area (Å²) in [7, 11) is 0. The number of carbonyl (C=O) groups excluding carboxylic acids is 3. The summed E-state index contributed by atoms with van der Waals surface area (Å²) in [4.78, 5) is 43.7. The standard InChI is InChI=1S/C34H37N3O6/c1-2-42-26-15-13-24(14-16-26)36-31(39)28-27-17-18-34(43-27)29(28)33(41)37(25(21-38)19-22-9-5-3-6-10-22)30(34)32(40)35-20-23-11-7-4-8-12-23/h3-16,25,27-30,38H,2,17-21H2,1H3,(H,35,40)(H,36,39)/t25-,27+,28-,29+,30?,34?/m1/s1. The Morgan fingerprint density at radius 3 is 2.33 bits per heavy atom. The Balaban J connectivity index is 1.30. The van der Waals surface area contributed by atoms with E-state index in [-0.39, 0.29) is 30.9 Å². The van der Waals surface area contributed by atoms with Crippen LogP contribution in [-0.4, -0.2) is 64.7 Å². The van der Waals surface area contributed by atoms with Gasteiger partial charge in [-0.15, -0.1) is 0 Å². The third-order valence-corrected chi connectivity index (χ3v) is 8.95. The first-order valence-corrected chi connectivity index (χ1v) is 15.0. The molecule has 6 rings (SSSR count). The molecule has 3 aliphatic heterocycles. The summed E-state index contributed by atoms with van der Waals surface area (Å²) in [5.41, 5.74) is 1.28. The molecule has 2 bridgehead atoms. The number of amides is 3. The minimum atomic E-state index is -1.16. The average Bonchev–Trinajstić information content (AvgIpc) is 3.68. The molecule has 3 heterocycles. The first-order valence-electron chi connectivity index (χ1n) is 15.0. The lowest BCUT2D eigenvalue weighted by molar-refractivity contribution is -0.145. The predicted octanol–water partition coefficient (Wildman–Crippen LogP) is 3.32. The third-order valence-electron chi connectivity index (χ3n) is 8.95. The second kappa shape index (κ2) is 12.2. The fourth-order valence-corrected chi connectivity index (χ4v) is 7.13. The fourth-order valence-electron chi connectivity index (χ4n) is 7.13. The van der Waals surface area contributed by atoms with E-state index < -0.39 is 35.6 Å². The van der Waals surface area contributed by atoms with Crippen molar-refractivity contribution in [1.82, 2.24) is 10.2 Å². The minimum absolute atomic E-state index is 0.284. The molecule has 0 saturated carbocycles. The Hall–Kier alpha value is -4.21. The van der Waals surface area contributed by atoms with Gasteiger partial charge in [0.25, 0.3) is 0 Å². The van der Waals surface area contributed by atoms with Crippen LogP contribution in [0.1, 0.15) is 30.9 Å². The van der Waals surface area contributed by atoms with Crippen LogP contribution in [-0.2, 0) is 32.1 Å². The molecule has 0 radical (unpaired) electrons. The Morgan fingerprint density at radius 2 is 1.67 bits per heavy atom. The van der Waals surface area contributed by atoms with Crippen molar-refractivity contribution in [3.8, 4) is 5.75 Å². The van der Waals surface area contributed by atoms with Gasteiger partial charge in [-0.25, -0.2) is 0 Å². The monoisotopic (exact) mass is 583 g/mol. The van der Waals surface area contributed by atoms with Crippen LogP contribution < -0.4 is 15.4 Å². The number of likely N-dealkylation sites (tertiary alicyclic amines) is 1. The van der Waals surface area contributed by atoms with Crippen molar-refractivity contribution in [2.45, 2.75) is 56.5 Å². The number of aliphatic hydroxyl groups is 1. The van der Waals surface area contributed by atoms with Crippen LogP contribution in [0, 0.1) is 11.8 Å². The second-order valence-electron chi connectivity index (χ2n) is 11.5. The fraction of sp³-hybridized carbons (Fsp3) is 0.382. The molecular weight excluding hydrogens is 546 g/mol. The SMILES string of the molecule is CCOc1ccc(NC(=O)[C@@H]2[C@@H]3CCC4(O3)C(C(=O)NCc3ccccc3)N([C@@H](CO)Cc3ccccc3)C(=O)[C@H]24)cc1. The van der Waals surface area contributed by atoms with Crippen molar-refractivity contribution < 1.29 is 29.0 Å². The van der Waals surface area contributed by atoms with Gasteiger partial charge in [0.15, 0.2) is 0 Å².